The van der Waals surface area contributed by atoms with Gasteiger partial charge in [0.2, 0.25) is 5.72 Å². The summed E-state index contributed by atoms with van der Waals surface area (Å²) in [5, 5.41) is 32.4. The van der Waals surface area contributed by atoms with E-state index in [1.54, 1.807) is 13.8 Å². The third kappa shape index (κ3) is 1.95. The first-order valence-electron chi connectivity index (χ1n) is 5.42. The Morgan fingerprint density at radius 3 is 2.61 bits per heavy atom. The molecule has 18 heavy (non-hydrogen) atoms. The van der Waals surface area contributed by atoms with Crippen LogP contribution in [0.3, 0.4) is 0 Å². The van der Waals surface area contributed by atoms with E-state index in [1.165, 1.54) is 0 Å². The summed E-state index contributed by atoms with van der Waals surface area (Å²) < 4.78 is 15.8. The maximum atomic E-state index is 10.3. The first-order chi connectivity index (χ1) is 8.34. The number of aliphatic hydroxyl groups excluding tert-OH is 2. The highest BCUT2D eigenvalue weighted by Gasteiger charge is 2.62. The molecule has 2 rings (SSSR count). The molecule has 9 nitrogen and oxygen atoms in total. The van der Waals surface area contributed by atoms with Crippen LogP contribution in [0.4, 0.5) is 0 Å². The van der Waals surface area contributed by atoms with E-state index in [9.17, 15) is 10.2 Å². The fourth-order valence-corrected chi connectivity index (χ4v) is 2.23. The summed E-state index contributed by atoms with van der Waals surface area (Å²) >= 11 is 0. The van der Waals surface area contributed by atoms with Crippen LogP contribution in [0, 0.1) is 0 Å². The van der Waals surface area contributed by atoms with E-state index >= 15 is 0 Å². The third-order valence-corrected chi connectivity index (χ3v) is 2.98. The van der Waals surface area contributed by atoms with Gasteiger partial charge in [0.15, 0.2) is 12.1 Å². The predicted molar refractivity (Wildman–Crippen MR) is 55.9 cm³/mol. The summed E-state index contributed by atoms with van der Waals surface area (Å²) in [7, 11) is 0. The van der Waals surface area contributed by atoms with E-state index in [1.807, 2.05) is 0 Å². The van der Waals surface area contributed by atoms with Crippen LogP contribution in [-0.2, 0) is 14.2 Å². The van der Waals surface area contributed by atoms with Gasteiger partial charge in [-0.2, -0.15) is 0 Å². The fourth-order valence-electron chi connectivity index (χ4n) is 2.23. The zero-order valence-electron chi connectivity index (χ0n) is 9.92. The molecule has 102 valence electrons. The lowest BCUT2D eigenvalue weighted by molar-refractivity contribution is -0.295. The van der Waals surface area contributed by atoms with Crippen LogP contribution >= 0.6 is 0 Å². The third-order valence-electron chi connectivity index (χ3n) is 2.98. The first-order valence-corrected chi connectivity index (χ1v) is 5.42. The summed E-state index contributed by atoms with van der Waals surface area (Å²) in [6, 6.07) is 0. The Balaban J connectivity index is 2.39. The second-order valence-electron chi connectivity index (χ2n) is 4.69. The quantitative estimate of drug-likeness (QED) is 0.338. The van der Waals surface area contributed by atoms with Gasteiger partial charge in [-0.25, -0.2) is 0 Å². The van der Waals surface area contributed by atoms with Gasteiger partial charge in [-0.3, -0.25) is 0 Å². The van der Waals surface area contributed by atoms with Gasteiger partial charge < -0.3 is 29.5 Å². The number of aliphatic hydroxyl groups is 3. The standard InChI is InChI=1S/C9H15N3O6/c1-8(2)17-5-6(18-8)9(15,11-12-10)4(3-13)16-7(5)14/h4-7,13-15H,3H2,1-2H3/t4-,5+,6-,7+,9-/m1/s1. The van der Waals surface area contributed by atoms with E-state index < -0.39 is 42.7 Å². The summed E-state index contributed by atoms with van der Waals surface area (Å²) in [6.45, 7) is 2.53. The highest BCUT2D eigenvalue weighted by atomic mass is 16.8. The fraction of sp³-hybridized carbons (Fsp3) is 1.00. The van der Waals surface area contributed by atoms with E-state index in [-0.39, 0.29) is 0 Å². The minimum Gasteiger partial charge on any atom is -0.394 e. The second kappa shape index (κ2) is 4.32. The molecule has 0 unspecified atom stereocenters. The van der Waals surface area contributed by atoms with Crippen molar-refractivity contribution in [2.45, 2.75) is 50.0 Å². The molecule has 0 aromatic rings. The van der Waals surface area contributed by atoms with Gasteiger partial charge in [0.25, 0.3) is 0 Å². The van der Waals surface area contributed by atoms with Gasteiger partial charge in [0, 0.05) is 4.91 Å². The largest absolute Gasteiger partial charge is 0.394 e. The Kier molecular flexibility index (Phi) is 3.24. The van der Waals surface area contributed by atoms with Crippen molar-refractivity contribution < 1.29 is 29.5 Å². The lowest BCUT2D eigenvalue weighted by atomic mass is 9.93. The molecule has 0 saturated carbocycles. The van der Waals surface area contributed by atoms with Crippen molar-refractivity contribution in [2.75, 3.05) is 6.61 Å². The van der Waals surface area contributed by atoms with E-state index in [0.717, 1.165) is 0 Å². The average Bonchev–Trinajstić information content (AvgIpc) is 2.61. The zero-order valence-corrected chi connectivity index (χ0v) is 9.92. The van der Waals surface area contributed by atoms with Crippen LogP contribution in [-0.4, -0.2) is 58.0 Å². The number of nitrogens with zero attached hydrogens (tertiary/aromatic N) is 3. The van der Waals surface area contributed by atoms with Crippen molar-refractivity contribution in [1.29, 1.82) is 0 Å². The van der Waals surface area contributed by atoms with E-state index in [4.69, 9.17) is 24.8 Å². The molecule has 0 radical (unpaired) electrons. The van der Waals surface area contributed by atoms with Crippen molar-refractivity contribution in [3.05, 3.63) is 10.4 Å². The highest BCUT2D eigenvalue weighted by molar-refractivity contribution is 5.04. The number of hydrogen-bond donors (Lipinski definition) is 3. The normalized spacial score (nSPS) is 46.3. The second-order valence-corrected chi connectivity index (χ2v) is 4.69. The van der Waals surface area contributed by atoms with Crippen LogP contribution in [0.25, 0.3) is 10.4 Å². The molecule has 0 aromatic carbocycles. The van der Waals surface area contributed by atoms with E-state index in [0.29, 0.717) is 0 Å². The smallest absolute Gasteiger partial charge is 0.201 e. The highest BCUT2D eigenvalue weighted by Crippen LogP contribution is 2.42. The zero-order chi connectivity index (χ0) is 13.6. The van der Waals surface area contributed by atoms with Gasteiger partial charge >= 0.3 is 0 Å². The van der Waals surface area contributed by atoms with Crippen LogP contribution in [0.1, 0.15) is 13.8 Å². The predicted octanol–water partition coefficient (Wildman–Crippen LogP) is -0.785. The molecule has 0 aromatic heterocycles. The SMILES string of the molecule is CC1(C)O[C@H]2[C@@H](O1)[C@@](O)(N=[N+]=[N-])[C@@H](CO)O[C@@H]2O. The minimum absolute atomic E-state index is 0.639. The first kappa shape index (κ1) is 13.5. The Morgan fingerprint density at radius 2 is 2.06 bits per heavy atom. The molecule has 2 saturated heterocycles. The lowest BCUT2D eigenvalue weighted by Crippen LogP contribution is -2.64. The topological polar surface area (TPSA) is 137 Å². The molecule has 2 aliphatic rings. The maximum absolute atomic E-state index is 10.3. The Hall–Kier alpha value is -0.930. The minimum atomic E-state index is -2.14. The lowest BCUT2D eigenvalue weighted by Gasteiger charge is -2.43. The Labute approximate surface area is 103 Å². The Bertz CT molecular complexity index is 384. The van der Waals surface area contributed by atoms with Crippen LogP contribution < -0.4 is 0 Å². The molecule has 0 amide bonds. The molecule has 9 heteroatoms. The van der Waals surface area contributed by atoms with Crippen molar-refractivity contribution in [3.8, 4) is 0 Å². The molecule has 0 aliphatic carbocycles. The van der Waals surface area contributed by atoms with Crippen LogP contribution in [0.5, 0.6) is 0 Å². The number of rotatable bonds is 2. The molecule has 2 heterocycles. The molecular formula is C9H15N3O6. The molecule has 2 aliphatic heterocycles. The number of azide groups is 1. The van der Waals surface area contributed by atoms with Gasteiger partial charge in [0.05, 0.1) is 6.61 Å². The summed E-state index contributed by atoms with van der Waals surface area (Å²) in [6.07, 6.45) is -4.80. The molecule has 3 N–H and O–H groups in total. The Morgan fingerprint density at radius 1 is 1.39 bits per heavy atom. The van der Waals surface area contributed by atoms with Crippen molar-refractivity contribution in [2.24, 2.45) is 5.11 Å². The maximum Gasteiger partial charge on any atom is 0.201 e. The van der Waals surface area contributed by atoms with E-state index in [2.05, 4.69) is 10.0 Å². The molecule has 2 fully saturated rings. The van der Waals surface area contributed by atoms with Crippen LogP contribution in [0.15, 0.2) is 5.11 Å². The monoisotopic (exact) mass is 261 g/mol. The molecule has 0 spiro atoms. The van der Waals surface area contributed by atoms with Crippen molar-refractivity contribution in [1.82, 2.24) is 0 Å². The molecule has 0 bridgehead atoms. The number of fused-ring (bicyclic) bond motifs is 1. The number of ether oxygens (including phenoxy) is 3. The average molecular weight is 261 g/mol. The number of hydrogen-bond acceptors (Lipinski definition) is 7. The summed E-state index contributed by atoms with van der Waals surface area (Å²) in [4.78, 5) is 2.53. The van der Waals surface area contributed by atoms with Gasteiger partial charge in [-0.1, -0.05) is 5.11 Å². The van der Waals surface area contributed by atoms with Gasteiger partial charge in [0.1, 0.15) is 18.3 Å². The van der Waals surface area contributed by atoms with Crippen molar-refractivity contribution >= 4 is 0 Å². The van der Waals surface area contributed by atoms with Gasteiger partial charge in [-0.05, 0) is 19.4 Å². The van der Waals surface area contributed by atoms with Crippen molar-refractivity contribution in [3.63, 3.8) is 0 Å². The summed E-state index contributed by atoms with van der Waals surface area (Å²) in [5.41, 5.74) is 6.38. The molecule has 5 atom stereocenters. The van der Waals surface area contributed by atoms with Gasteiger partial charge in [-0.15, -0.1) is 0 Å². The summed E-state index contributed by atoms with van der Waals surface area (Å²) in [5.74, 6) is -1.07. The van der Waals surface area contributed by atoms with Crippen LogP contribution in [0.2, 0.25) is 0 Å². The molecular weight excluding hydrogens is 246 g/mol.